The van der Waals surface area contributed by atoms with E-state index >= 15 is 0 Å². The van der Waals surface area contributed by atoms with Crippen LogP contribution in [0.1, 0.15) is 42.3 Å². The summed E-state index contributed by atoms with van der Waals surface area (Å²) in [5, 5.41) is 2.81. The van der Waals surface area contributed by atoms with E-state index in [0.29, 0.717) is 29.8 Å². The van der Waals surface area contributed by atoms with Crippen LogP contribution in [0.3, 0.4) is 0 Å². The molecule has 0 aliphatic heterocycles. The van der Waals surface area contributed by atoms with Crippen molar-refractivity contribution in [3.8, 4) is 11.1 Å². The Bertz CT molecular complexity index is 763. The van der Waals surface area contributed by atoms with Crippen molar-refractivity contribution >= 4 is 5.91 Å². The number of hydrogen-bond acceptors (Lipinski definition) is 2. The lowest BCUT2D eigenvalue weighted by Crippen LogP contribution is -2.26. The number of benzene rings is 2. The minimum Gasteiger partial charge on any atom is -0.383 e. The summed E-state index contributed by atoms with van der Waals surface area (Å²) in [6.07, 6.45) is 0. The van der Waals surface area contributed by atoms with Crippen LogP contribution >= 0.6 is 0 Å². The minimum atomic E-state index is -0.292. The number of methoxy groups -OCH3 is 1. The SMILES string of the molecule is COCCNC(=O)c1cccc(-c2cc(C)c(F)c(C(C)(C)C)c2)c1. The molecule has 1 amide bonds. The van der Waals surface area contributed by atoms with Gasteiger partial charge in [0, 0.05) is 19.2 Å². The Morgan fingerprint density at radius 2 is 1.88 bits per heavy atom. The third-order valence-corrected chi connectivity index (χ3v) is 4.11. The predicted octanol–water partition coefficient (Wildman–Crippen LogP) is 4.47. The molecule has 0 saturated carbocycles. The number of amides is 1. The average molecular weight is 343 g/mol. The number of aryl methyl sites for hydroxylation is 1. The van der Waals surface area contributed by atoms with E-state index in [1.54, 1.807) is 20.1 Å². The lowest BCUT2D eigenvalue weighted by Gasteiger charge is -2.22. The summed E-state index contributed by atoms with van der Waals surface area (Å²) in [6, 6.07) is 11.1. The Morgan fingerprint density at radius 1 is 1.16 bits per heavy atom. The van der Waals surface area contributed by atoms with Gasteiger partial charge in [-0.2, -0.15) is 0 Å². The molecule has 25 heavy (non-hydrogen) atoms. The second kappa shape index (κ2) is 7.79. The second-order valence-corrected chi connectivity index (χ2v) is 7.23. The van der Waals surface area contributed by atoms with Crippen molar-refractivity contribution in [1.29, 1.82) is 0 Å². The molecule has 1 N–H and O–H groups in total. The van der Waals surface area contributed by atoms with Crippen LogP contribution in [0.25, 0.3) is 11.1 Å². The molecule has 0 heterocycles. The van der Waals surface area contributed by atoms with Crippen LogP contribution in [0.5, 0.6) is 0 Å². The molecule has 2 aromatic rings. The molecule has 0 atom stereocenters. The van der Waals surface area contributed by atoms with E-state index in [9.17, 15) is 9.18 Å². The van der Waals surface area contributed by atoms with Crippen LogP contribution in [-0.4, -0.2) is 26.2 Å². The van der Waals surface area contributed by atoms with Gasteiger partial charge in [-0.05, 0) is 58.9 Å². The monoisotopic (exact) mass is 343 g/mol. The lowest BCUT2D eigenvalue weighted by molar-refractivity contribution is 0.0937. The van der Waals surface area contributed by atoms with E-state index < -0.39 is 0 Å². The van der Waals surface area contributed by atoms with Crippen molar-refractivity contribution < 1.29 is 13.9 Å². The molecule has 3 nitrogen and oxygen atoms in total. The van der Waals surface area contributed by atoms with Crippen molar-refractivity contribution in [2.75, 3.05) is 20.3 Å². The summed E-state index contributed by atoms with van der Waals surface area (Å²) in [7, 11) is 1.59. The van der Waals surface area contributed by atoms with E-state index in [4.69, 9.17) is 4.74 Å². The van der Waals surface area contributed by atoms with Gasteiger partial charge >= 0.3 is 0 Å². The normalized spacial score (nSPS) is 11.4. The number of carbonyl (C=O) groups is 1. The molecule has 0 radical (unpaired) electrons. The van der Waals surface area contributed by atoms with Gasteiger partial charge in [-0.15, -0.1) is 0 Å². The predicted molar refractivity (Wildman–Crippen MR) is 99.5 cm³/mol. The Labute approximate surface area is 149 Å². The quantitative estimate of drug-likeness (QED) is 0.813. The molecule has 2 aromatic carbocycles. The highest BCUT2D eigenvalue weighted by Gasteiger charge is 2.21. The molecule has 0 unspecified atom stereocenters. The summed E-state index contributed by atoms with van der Waals surface area (Å²) >= 11 is 0. The molecule has 0 bridgehead atoms. The average Bonchev–Trinajstić information content (AvgIpc) is 2.56. The maximum Gasteiger partial charge on any atom is 0.251 e. The van der Waals surface area contributed by atoms with Crippen molar-refractivity contribution in [3.05, 3.63) is 58.9 Å². The summed E-state index contributed by atoms with van der Waals surface area (Å²) in [5.74, 6) is -0.307. The molecule has 0 aliphatic carbocycles. The molecule has 0 spiro atoms. The number of ether oxygens (including phenoxy) is 1. The van der Waals surface area contributed by atoms with Gasteiger partial charge in [-0.1, -0.05) is 32.9 Å². The van der Waals surface area contributed by atoms with Crippen LogP contribution in [0, 0.1) is 12.7 Å². The number of hydrogen-bond donors (Lipinski definition) is 1. The van der Waals surface area contributed by atoms with Gasteiger partial charge in [-0.3, -0.25) is 4.79 Å². The number of halogens is 1. The highest BCUT2D eigenvalue weighted by Crippen LogP contribution is 2.32. The lowest BCUT2D eigenvalue weighted by atomic mass is 9.83. The molecule has 0 aliphatic rings. The van der Waals surface area contributed by atoms with Gasteiger partial charge in [0.25, 0.3) is 5.91 Å². The fourth-order valence-electron chi connectivity index (χ4n) is 2.69. The van der Waals surface area contributed by atoms with Crippen molar-refractivity contribution in [2.24, 2.45) is 0 Å². The highest BCUT2D eigenvalue weighted by molar-refractivity contribution is 5.95. The van der Waals surface area contributed by atoms with Crippen LogP contribution in [0.4, 0.5) is 4.39 Å². The summed E-state index contributed by atoms with van der Waals surface area (Å²) in [5.41, 5.74) is 3.38. The van der Waals surface area contributed by atoms with Gasteiger partial charge in [0.15, 0.2) is 0 Å². The van der Waals surface area contributed by atoms with Crippen molar-refractivity contribution in [3.63, 3.8) is 0 Å². The van der Waals surface area contributed by atoms with Crippen LogP contribution < -0.4 is 5.32 Å². The van der Waals surface area contributed by atoms with E-state index in [2.05, 4.69) is 5.32 Å². The third-order valence-electron chi connectivity index (χ3n) is 4.11. The molecule has 0 aromatic heterocycles. The fourth-order valence-corrected chi connectivity index (χ4v) is 2.69. The summed E-state index contributed by atoms with van der Waals surface area (Å²) in [4.78, 5) is 12.2. The van der Waals surface area contributed by atoms with Crippen LogP contribution in [0.15, 0.2) is 36.4 Å². The third kappa shape index (κ3) is 4.67. The number of nitrogens with one attached hydrogen (secondary N) is 1. The second-order valence-electron chi connectivity index (χ2n) is 7.23. The Hall–Kier alpha value is -2.20. The zero-order chi connectivity index (χ0) is 18.6. The first-order chi connectivity index (χ1) is 11.7. The molecule has 134 valence electrons. The van der Waals surface area contributed by atoms with Crippen molar-refractivity contribution in [2.45, 2.75) is 33.1 Å². The fraction of sp³-hybridized carbons (Fsp3) is 0.381. The summed E-state index contributed by atoms with van der Waals surface area (Å²) in [6.45, 7) is 8.69. The van der Waals surface area contributed by atoms with E-state index in [1.807, 2.05) is 51.1 Å². The Morgan fingerprint density at radius 3 is 2.52 bits per heavy atom. The van der Waals surface area contributed by atoms with Crippen LogP contribution in [-0.2, 0) is 10.2 Å². The Balaban J connectivity index is 2.38. The molecule has 0 saturated heterocycles. The molecule has 4 heteroatoms. The number of carbonyl (C=O) groups excluding carboxylic acids is 1. The molecular weight excluding hydrogens is 317 g/mol. The van der Waals surface area contributed by atoms with Gasteiger partial charge in [0.2, 0.25) is 0 Å². The smallest absolute Gasteiger partial charge is 0.251 e. The largest absolute Gasteiger partial charge is 0.383 e. The van der Waals surface area contributed by atoms with Crippen LogP contribution in [0.2, 0.25) is 0 Å². The highest BCUT2D eigenvalue weighted by atomic mass is 19.1. The zero-order valence-electron chi connectivity index (χ0n) is 15.6. The molecule has 0 fully saturated rings. The summed E-state index contributed by atoms with van der Waals surface area (Å²) < 4.78 is 19.4. The van der Waals surface area contributed by atoms with E-state index in [-0.39, 0.29) is 17.1 Å². The molecule has 2 rings (SSSR count). The first kappa shape index (κ1) is 19.1. The molecular formula is C21H26FNO2. The van der Waals surface area contributed by atoms with Gasteiger partial charge in [-0.25, -0.2) is 4.39 Å². The topological polar surface area (TPSA) is 38.3 Å². The van der Waals surface area contributed by atoms with Crippen molar-refractivity contribution in [1.82, 2.24) is 5.32 Å². The maximum absolute atomic E-state index is 14.5. The standard InChI is InChI=1S/C21H26FNO2/c1-14-11-17(13-18(19(14)22)21(2,3)4)15-7-6-8-16(12-15)20(24)23-9-10-25-5/h6-8,11-13H,9-10H2,1-5H3,(H,23,24). The maximum atomic E-state index is 14.5. The van der Waals surface area contributed by atoms with E-state index in [1.165, 1.54) is 0 Å². The van der Waals surface area contributed by atoms with Gasteiger partial charge in [0.05, 0.1) is 6.61 Å². The van der Waals surface area contributed by atoms with Gasteiger partial charge < -0.3 is 10.1 Å². The van der Waals surface area contributed by atoms with E-state index in [0.717, 1.165) is 11.1 Å². The zero-order valence-corrected chi connectivity index (χ0v) is 15.6. The number of rotatable bonds is 5. The first-order valence-electron chi connectivity index (χ1n) is 8.42. The Kier molecular flexibility index (Phi) is 5.96. The minimum absolute atomic E-state index is 0.145. The van der Waals surface area contributed by atoms with Gasteiger partial charge in [0.1, 0.15) is 5.82 Å². The first-order valence-corrected chi connectivity index (χ1v) is 8.42.